The van der Waals surface area contributed by atoms with Gasteiger partial charge < -0.3 is 15.5 Å². The van der Waals surface area contributed by atoms with Crippen LogP contribution >= 0.6 is 22.9 Å². The second-order valence-electron chi connectivity index (χ2n) is 4.25. The van der Waals surface area contributed by atoms with Gasteiger partial charge in [-0.05, 0) is 30.3 Å². The van der Waals surface area contributed by atoms with Crippen LogP contribution in [0.25, 0.3) is 10.1 Å². The van der Waals surface area contributed by atoms with Gasteiger partial charge in [0.05, 0.1) is 18.5 Å². The van der Waals surface area contributed by atoms with Crippen LogP contribution in [0.2, 0.25) is 5.02 Å². The number of anilines is 1. The summed E-state index contributed by atoms with van der Waals surface area (Å²) in [5, 5.41) is 4.19. The molecule has 0 atom stereocenters. The number of benzene rings is 1. The number of furan rings is 1. The minimum absolute atomic E-state index is 0.212. The normalized spacial score (nSPS) is 10.8. The van der Waals surface area contributed by atoms with Crippen LogP contribution in [0.3, 0.4) is 0 Å². The van der Waals surface area contributed by atoms with E-state index in [0.29, 0.717) is 27.9 Å². The maximum Gasteiger partial charge on any atom is 0.263 e. The third-order valence-electron chi connectivity index (χ3n) is 2.90. The van der Waals surface area contributed by atoms with Crippen molar-refractivity contribution in [1.29, 1.82) is 0 Å². The van der Waals surface area contributed by atoms with Crippen molar-refractivity contribution in [2.45, 2.75) is 6.54 Å². The highest BCUT2D eigenvalue weighted by molar-refractivity contribution is 7.21. The molecule has 20 heavy (non-hydrogen) atoms. The number of rotatable bonds is 3. The van der Waals surface area contributed by atoms with Gasteiger partial charge in [0.2, 0.25) is 0 Å². The second-order valence-corrected chi connectivity index (χ2v) is 5.74. The van der Waals surface area contributed by atoms with Crippen molar-refractivity contribution in [2.24, 2.45) is 0 Å². The molecule has 0 radical (unpaired) electrons. The van der Waals surface area contributed by atoms with Gasteiger partial charge in [-0.2, -0.15) is 0 Å². The largest absolute Gasteiger partial charge is 0.467 e. The molecule has 3 N–H and O–H groups in total. The molecule has 1 aromatic carbocycles. The summed E-state index contributed by atoms with van der Waals surface area (Å²) in [5.74, 6) is 0.484. The summed E-state index contributed by atoms with van der Waals surface area (Å²) in [4.78, 5) is 12.7. The van der Waals surface area contributed by atoms with Crippen molar-refractivity contribution in [3.05, 3.63) is 52.3 Å². The standard InChI is InChI=1S/C14H11ClN2O2S/c15-8-3-4-11-10(6-8)12(16)13(20-11)14(18)17-7-9-2-1-5-19-9/h1-6H,7,16H2,(H,17,18). The highest BCUT2D eigenvalue weighted by Crippen LogP contribution is 2.35. The molecule has 2 aromatic heterocycles. The summed E-state index contributed by atoms with van der Waals surface area (Å²) in [7, 11) is 0. The predicted octanol–water partition coefficient (Wildman–Crippen LogP) is 3.66. The number of nitrogens with two attached hydrogens (primary N) is 1. The lowest BCUT2D eigenvalue weighted by atomic mass is 10.2. The van der Waals surface area contributed by atoms with Crippen LogP contribution in [0.4, 0.5) is 5.69 Å². The van der Waals surface area contributed by atoms with Crippen molar-refractivity contribution in [2.75, 3.05) is 5.73 Å². The zero-order valence-electron chi connectivity index (χ0n) is 10.4. The molecule has 0 fully saturated rings. The molecule has 0 bridgehead atoms. The Hall–Kier alpha value is -1.98. The van der Waals surface area contributed by atoms with Crippen LogP contribution in [0, 0.1) is 0 Å². The van der Waals surface area contributed by atoms with Gasteiger partial charge in [0.25, 0.3) is 5.91 Å². The lowest BCUT2D eigenvalue weighted by Gasteiger charge is -2.02. The van der Waals surface area contributed by atoms with Crippen molar-refractivity contribution in [3.63, 3.8) is 0 Å². The van der Waals surface area contributed by atoms with E-state index in [-0.39, 0.29) is 5.91 Å². The maximum absolute atomic E-state index is 12.2. The third kappa shape index (κ3) is 2.37. The topological polar surface area (TPSA) is 68.3 Å². The van der Waals surface area contributed by atoms with Crippen LogP contribution in [-0.2, 0) is 6.54 Å². The quantitative estimate of drug-likeness (QED) is 0.776. The summed E-state index contributed by atoms with van der Waals surface area (Å²) in [6, 6.07) is 8.99. The number of nitrogens with one attached hydrogen (secondary N) is 1. The fourth-order valence-electron chi connectivity index (χ4n) is 1.92. The van der Waals surface area contributed by atoms with Gasteiger partial charge in [-0.1, -0.05) is 11.6 Å². The zero-order chi connectivity index (χ0) is 14.1. The van der Waals surface area contributed by atoms with E-state index in [9.17, 15) is 4.79 Å². The van der Waals surface area contributed by atoms with E-state index in [1.165, 1.54) is 11.3 Å². The summed E-state index contributed by atoms with van der Waals surface area (Å²) >= 11 is 7.30. The van der Waals surface area contributed by atoms with Gasteiger partial charge in [0.15, 0.2) is 0 Å². The Morgan fingerprint density at radius 3 is 3.00 bits per heavy atom. The fraction of sp³-hybridized carbons (Fsp3) is 0.0714. The van der Waals surface area contributed by atoms with Gasteiger partial charge in [-0.25, -0.2) is 0 Å². The molecule has 0 spiro atoms. The van der Waals surface area contributed by atoms with E-state index in [0.717, 1.165) is 10.1 Å². The van der Waals surface area contributed by atoms with Crippen molar-refractivity contribution in [1.82, 2.24) is 5.32 Å². The Bertz CT molecular complexity index is 765. The summed E-state index contributed by atoms with van der Waals surface area (Å²) in [5.41, 5.74) is 6.49. The Morgan fingerprint density at radius 1 is 1.40 bits per heavy atom. The van der Waals surface area contributed by atoms with E-state index in [2.05, 4.69) is 5.32 Å². The highest BCUT2D eigenvalue weighted by Gasteiger charge is 2.16. The number of amides is 1. The molecule has 6 heteroatoms. The number of thiophene rings is 1. The first-order valence-electron chi connectivity index (χ1n) is 5.93. The number of fused-ring (bicyclic) bond motifs is 1. The monoisotopic (exact) mass is 306 g/mol. The molecule has 0 aliphatic carbocycles. The average molecular weight is 307 g/mol. The maximum atomic E-state index is 12.2. The minimum Gasteiger partial charge on any atom is -0.467 e. The number of nitrogen functional groups attached to an aromatic ring is 1. The predicted molar refractivity (Wildman–Crippen MR) is 81.1 cm³/mol. The lowest BCUT2D eigenvalue weighted by Crippen LogP contribution is -2.22. The Labute approximate surface area is 124 Å². The molecule has 1 amide bonds. The van der Waals surface area contributed by atoms with Crippen LogP contribution in [-0.4, -0.2) is 5.91 Å². The van der Waals surface area contributed by atoms with Crippen LogP contribution in [0.1, 0.15) is 15.4 Å². The van der Waals surface area contributed by atoms with Crippen LogP contribution in [0.5, 0.6) is 0 Å². The first kappa shape index (κ1) is 13.0. The van der Waals surface area contributed by atoms with Gasteiger partial charge in [-0.3, -0.25) is 4.79 Å². The van der Waals surface area contributed by atoms with Gasteiger partial charge in [-0.15, -0.1) is 11.3 Å². The summed E-state index contributed by atoms with van der Waals surface area (Å²) < 4.78 is 6.10. The molecular formula is C14H11ClN2O2S. The summed E-state index contributed by atoms with van der Waals surface area (Å²) in [6.45, 7) is 0.334. The smallest absolute Gasteiger partial charge is 0.263 e. The zero-order valence-corrected chi connectivity index (χ0v) is 11.9. The molecule has 4 nitrogen and oxygen atoms in total. The molecule has 0 aliphatic heterocycles. The highest BCUT2D eigenvalue weighted by atomic mass is 35.5. The first-order chi connectivity index (χ1) is 9.65. The number of carbonyl (C=O) groups excluding carboxylic acids is 1. The molecule has 3 rings (SSSR count). The van der Waals surface area contributed by atoms with Crippen LogP contribution in [0.15, 0.2) is 41.0 Å². The molecule has 0 saturated heterocycles. The Balaban J connectivity index is 1.86. The number of halogens is 1. The van der Waals surface area contributed by atoms with E-state index >= 15 is 0 Å². The molecular weight excluding hydrogens is 296 g/mol. The van der Waals surface area contributed by atoms with Crippen molar-refractivity contribution in [3.8, 4) is 0 Å². The van der Waals surface area contributed by atoms with Gasteiger partial charge in [0, 0.05) is 15.1 Å². The van der Waals surface area contributed by atoms with Crippen molar-refractivity contribution >= 4 is 44.6 Å². The lowest BCUT2D eigenvalue weighted by molar-refractivity contribution is 0.0953. The van der Waals surface area contributed by atoms with Gasteiger partial charge in [0.1, 0.15) is 10.6 Å². The second kappa shape index (κ2) is 5.19. The van der Waals surface area contributed by atoms with E-state index < -0.39 is 0 Å². The minimum atomic E-state index is -0.212. The fourth-order valence-corrected chi connectivity index (χ4v) is 3.11. The summed E-state index contributed by atoms with van der Waals surface area (Å²) in [6.07, 6.45) is 1.57. The number of hydrogen-bond acceptors (Lipinski definition) is 4. The molecule has 102 valence electrons. The molecule has 0 aliphatic rings. The molecule has 2 heterocycles. The molecule has 3 aromatic rings. The molecule has 0 saturated carbocycles. The van der Waals surface area contributed by atoms with E-state index in [1.54, 1.807) is 30.5 Å². The van der Waals surface area contributed by atoms with Crippen molar-refractivity contribution < 1.29 is 9.21 Å². The van der Waals surface area contributed by atoms with Gasteiger partial charge >= 0.3 is 0 Å². The third-order valence-corrected chi connectivity index (χ3v) is 4.32. The van der Waals surface area contributed by atoms with E-state index in [4.69, 9.17) is 21.8 Å². The number of hydrogen-bond donors (Lipinski definition) is 2. The molecule has 0 unspecified atom stereocenters. The van der Waals surface area contributed by atoms with E-state index in [1.807, 2.05) is 6.07 Å². The SMILES string of the molecule is Nc1c(C(=O)NCc2ccco2)sc2ccc(Cl)cc12. The average Bonchev–Trinajstić information content (AvgIpc) is 3.05. The Morgan fingerprint density at radius 2 is 2.25 bits per heavy atom. The van der Waals surface area contributed by atoms with Crippen LogP contribution < -0.4 is 11.1 Å². The first-order valence-corrected chi connectivity index (χ1v) is 7.12. The number of carbonyl (C=O) groups is 1. The Kier molecular flexibility index (Phi) is 3.38.